The molecule has 6 N–H and O–H groups in total. The highest BCUT2D eigenvalue weighted by atomic mass is 16.2. The Morgan fingerprint density at radius 2 is 1.96 bits per heavy atom. The van der Waals surface area contributed by atoms with Crippen LogP contribution in [0.15, 0.2) is 47.8 Å². The summed E-state index contributed by atoms with van der Waals surface area (Å²) in [6, 6.07) is 8.53. The lowest BCUT2D eigenvalue weighted by molar-refractivity contribution is 0.262. The van der Waals surface area contributed by atoms with Gasteiger partial charge in [0.15, 0.2) is 5.84 Å². The minimum atomic E-state index is -0.344. The highest BCUT2D eigenvalue weighted by Gasteiger charge is 2.06. The highest BCUT2D eigenvalue weighted by molar-refractivity contribution is 6.01. The number of amides is 2. The normalized spacial score (nSPS) is 11.1. The lowest BCUT2D eigenvalue weighted by atomic mass is 10.2. The van der Waals surface area contributed by atoms with E-state index in [9.17, 15) is 4.79 Å². The number of nitrogens with two attached hydrogens (primary N) is 2. The van der Waals surface area contributed by atoms with Gasteiger partial charge in [-0.3, -0.25) is 4.98 Å². The average molecular weight is 355 g/mol. The number of unbranched alkanes of at least 4 members (excludes halogenated alkanes) is 1. The number of hydrazone groups is 1. The average Bonchev–Trinajstić information content (AvgIpc) is 2.62. The molecule has 0 saturated carbocycles. The molecule has 0 aliphatic rings. The molecule has 1 heterocycles. The first-order chi connectivity index (χ1) is 12.5. The summed E-state index contributed by atoms with van der Waals surface area (Å²) in [5.41, 5.74) is 8.92. The molecule has 0 aliphatic heterocycles. The molecule has 8 heteroatoms. The van der Waals surface area contributed by atoms with Crippen molar-refractivity contribution in [1.82, 2.24) is 10.1 Å². The van der Waals surface area contributed by atoms with Crippen LogP contribution in [0, 0.1) is 6.92 Å². The number of nitrogens with one attached hydrogen (secondary N) is 2. The number of hydrogen-bond acceptors (Lipinski definition) is 5. The van der Waals surface area contributed by atoms with Crippen LogP contribution < -0.4 is 22.2 Å². The van der Waals surface area contributed by atoms with Crippen LogP contribution in [0.1, 0.15) is 30.9 Å². The van der Waals surface area contributed by atoms with Crippen molar-refractivity contribution in [2.24, 2.45) is 16.7 Å². The van der Waals surface area contributed by atoms with Gasteiger partial charge in [0.05, 0.1) is 18.4 Å². The molecule has 1 aromatic heterocycles. The van der Waals surface area contributed by atoms with Crippen molar-refractivity contribution >= 4 is 23.2 Å². The molecular formula is C18H25N7O. The van der Waals surface area contributed by atoms with E-state index in [0.717, 1.165) is 24.0 Å². The summed E-state index contributed by atoms with van der Waals surface area (Å²) in [6.07, 6.45) is 5.26. The SMILES string of the molecule is CCCCN(N)/N=C(\N)c1ccc(NC(=O)Nc2cnccc2C)cc1. The van der Waals surface area contributed by atoms with Gasteiger partial charge in [0.25, 0.3) is 0 Å². The Labute approximate surface area is 153 Å². The van der Waals surface area contributed by atoms with E-state index < -0.39 is 0 Å². The molecule has 0 spiro atoms. The standard InChI is InChI=1S/C18H25N7O/c1-3-4-11-25(20)24-17(19)14-5-7-15(8-6-14)22-18(26)23-16-12-21-10-9-13(16)2/h5-10,12H,3-4,11,20H2,1-2H3,(H2,19,24)(H2,22,23,26). The van der Waals surface area contributed by atoms with Crippen molar-refractivity contribution in [3.8, 4) is 0 Å². The lowest BCUT2D eigenvalue weighted by Gasteiger charge is -2.13. The Hall–Kier alpha value is -3.13. The minimum Gasteiger partial charge on any atom is -0.382 e. The van der Waals surface area contributed by atoms with Gasteiger partial charge in [-0.1, -0.05) is 13.3 Å². The molecule has 0 bridgehead atoms. The maximum Gasteiger partial charge on any atom is 0.323 e. The third kappa shape index (κ3) is 5.75. The lowest BCUT2D eigenvalue weighted by Crippen LogP contribution is -2.30. The third-order valence-electron chi connectivity index (χ3n) is 3.70. The molecule has 2 aromatic rings. The van der Waals surface area contributed by atoms with E-state index in [2.05, 4.69) is 27.6 Å². The van der Waals surface area contributed by atoms with Crippen LogP contribution in [0.25, 0.3) is 0 Å². The Kier molecular flexibility index (Phi) is 6.92. The summed E-state index contributed by atoms with van der Waals surface area (Å²) >= 11 is 0. The minimum absolute atomic E-state index is 0.325. The number of aromatic nitrogens is 1. The molecule has 8 nitrogen and oxygen atoms in total. The molecule has 0 saturated heterocycles. The van der Waals surface area contributed by atoms with Crippen LogP contribution in [0.2, 0.25) is 0 Å². The number of hydrogen-bond donors (Lipinski definition) is 4. The molecular weight excluding hydrogens is 330 g/mol. The van der Waals surface area contributed by atoms with E-state index in [-0.39, 0.29) is 6.03 Å². The van der Waals surface area contributed by atoms with Crippen molar-refractivity contribution in [2.45, 2.75) is 26.7 Å². The number of rotatable bonds is 7. The number of benzene rings is 1. The first kappa shape index (κ1) is 19.2. The molecule has 138 valence electrons. The van der Waals surface area contributed by atoms with Crippen LogP contribution in [-0.2, 0) is 0 Å². The first-order valence-electron chi connectivity index (χ1n) is 8.45. The third-order valence-corrected chi connectivity index (χ3v) is 3.70. The molecule has 26 heavy (non-hydrogen) atoms. The molecule has 0 radical (unpaired) electrons. The number of carbonyl (C=O) groups is 1. The highest BCUT2D eigenvalue weighted by Crippen LogP contribution is 2.13. The number of carbonyl (C=O) groups excluding carboxylic acids is 1. The summed E-state index contributed by atoms with van der Waals surface area (Å²) in [5.74, 6) is 6.10. The zero-order valence-electron chi connectivity index (χ0n) is 15.1. The topological polar surface area (TPSA) is 122 Å². The van der Waals surface area contributed by atoms with Crippen LogP contribution in [-0.4, -0.2) is 28.5 Å². The maximum atomic E-state index is 12.1. The fraction of sp³-hybridized carbons (Fsp3) is 0.278. The largest absolute Gasteiger partial charge is 0.382 e. The number of anilines is 2. The first-order valence-corrected chi connectivity index (χ1v) is 8.45. The van der Waals surface area contributed by atoms with E-state index in [1.54, 1.807) is 36.7 Å². The monoisotopic (exact) mass is 355 g/mol. The Balaban J connectivity index is 1.95. The molecule has 0 atom stereocenters. The van der Waals surface area contributed by atoms with Crippen LogP contribution in [0.4, 0.5) is 16.2 Å². The fourth-order valence-corrected chi connectivity index (χ4v) is 2.17. The smallest absolute Gasteiger partial charge is 0.323 e. The quantitative estimate of drug-likeness (QED) is 0.263. The molecule has 0 unspecified atom stereocenters. The van der Waals surface area contributed by atoms with Gasteiger partial charge in [-0.25, -0.2) is 15.8 Å². The van der Waals surface area contributed by atoms with Gasteiger partial charge in [-0.05, 0) is 49.2 Å². The second kappa shape index (κ2) is 9.38. The summed E-state index contributed by atoms with van der Waals surface area (Å²) in [7, 11) is 0. The summed E-state index contributed by atoms with van der Waals surface area (Å²) in [4.78, 5) is 16.1. The number of hydrazine groups is 1. The van der Waals surface area contributed by atoms with Gasteiger partial charge in [0.2, 0.25) is 0 Å². The second-order valence-electron chi connectivity index (χ2n) is 5.85. The van der Waals surface area contributed by atoms with Crippen LogP contribution >= 0.6 is 0 Å². The van der Waals surface area contributed by atoms with Crippen molar-refractivity contribution < 1.29 is 4.79 Å². The van der Waals surface area contributed by atoms with Crippen molar-refractivity contribution in [1.29, 1.82) is 0 Å². The summed E-state index contributed by atoms with van der Waals surface area (Å²) in [5, 5.41) is 11.0. The van der Waals surface area contributed by atoms with Gasteiger partial charge in [-0.2, -0.15) is 0 Å². The van der Waals surface area contributed by atoms with E-state index in [1.165, 1.54) is 5.12 Å². The Morgan fingerprint density at radius 1 is 1.23 bits per heavy atom. The number of amidine groups is 1. The van der Waals surface area contributed by atoms with E-state index >= 15 is 0 Å². The zero-order chi connectivity index (χ0) is 18.9. The van der Waals surface area contributed by atoms with Gasteiger partial charge in [0.1, 0.15) is 0 Å². The number of nitrogens with zero attached hydrogens (tertiary/aromatic N) is 3. The van der Waals surface area contributed by atoms with Crippen molar-refractivity contribution in [3.05, 3.63) is 53.9 Å². The number of pyridine rings is 1. The summed E-state index contributed by atoms with van der Waals surface area (Å²) < 4.78 is 0. The maximum absolute atomic E-state index is 12.1. The molecule has 2 amide bonds. The van der Waals surface area contributed by atoms with Gasteiger partial charge in [0, 0.05) is 17.4 Å². The molecule has 0 aliphatic carbocycles. The summed E-state index contributed by atoms with van der Waals surface area (Å²) in [6.45, 7) is 4.62. The molecule has 2 rings (SSSR count). The van der Waals surface area contributed by atoms with Crippen LogP contribution in [0.5, 0.6) is 0 Å². The van der Waals surface area contributed by atoms with E-state index in [1.807, 2.05) is 13.0 Å². The zero-order valence-corrected chi connectivity index (χ0v) is 15.1. The van der Waals surface area contributed by atoms with Crippen molar-refractivity contribution in [3.63, 3.8) is 0 Å². The second-order valence-corrected chi connectivity index (χ2v) is 5.85. The Bertz CT molecular complexity index is 758. The number of urea groups is 1. The van der Waals surface area contributed by atoms with Gasteiger partial charge in [-0.15, -0.1) is 5.10 Å². The Morgan fingerprint density at radius 3 is 2.62 bits per heavy atom. The van der Waals surface area contributed by atoms with Gasteiger partial charge < -0.3 is 16.4 Å². The van der Waals surface area contributed by atoms with Crippen molar-refractivity contribution in [2.75, 3.05) is 17.2 Å². The van der Waals surface area contributed by atoms with E-state index in [0.29, 0.717) is 23.8 Å². The van der Waals surface area contributed by atoms with Gasteiger partial charge >= 0.3 is 6.03 Å². The molecule has 0 fully saturated rings. The fourth-order valence-electron chi connectivity index (χ4n) is 2.17. The van der Waals surface area contributed by atoms with E-state index in [4.69, 9.17) is 11.6 Å². The predicted octanol–water partition coefficient (Wildman–Crippen LogP) is 2.63. The number of aryl methyl sites for hydroxylation is 1. The van der Waals surface area contributed by atoms with Crippen LogP contribution in [0.3, 0.4) is 0 Å². The predicted molar refractivity (Wildman–Crippen MR) is 105 cm³/mol. The molecule has 1 aromatic carbocycles.